The third-order valence-corrected chi connectivity index (χ3v) is 10.1. The summed E-state index contributed by atoms with van der Waals surface area (Å²) in [6.07, 6.45) is 5.55. The maximum Gasteiger partial charge on any atom is 0.251 e. The normalized spacial score (nSPS) is 18.6. The zero-order valence-electron chi connectivity index (χ0n) is 28.3. The first-order valence-electron chi connectivity index (χ1n) is 17.5. The Morgan fingerprint density at radius 1 is 0.920 bits per heavy atom. The molecule has 1 aromatic heterocycles. The van der Waals surface area contributed by atoms with E-state index in [9.17, 15) is 14.4 Å². The summed E-state index contributed by atoms with van der Waals surface area (Å²) in [5.41, 5.74) is 11.8. The lowest BCUT2D eigenvalue weighted by Gasteiger charge is -2.28. The summed E-state index contributed by atoms with van der Waals surface area (Å²) in [6, 6.07) is 20.4. The van der Waals surface area contributed by atoms with Crippen LogP contribution >= 0.6 is 11.6 Å². The van der Waals surface area contributed by atoms with Crippen LogP contribution in [0.2, 0.25) is 5.28 Å². The van der Waals surface area contributed by atoms with Gasteiger partial charge in [0.2, 0.25) is 17.1 Å². The summed E-state index contributed by atoms with van der Waals surface area (Å²) in [5.74, 6) is 0.306. The monoisotopic (exact) mass is 696 g/mol. The second-order valence-corrected chi connectivity index (χ2v) is 13.8. The number of anilines is 1. The van der Waals surface area contributed by atoms with Crippen LogP contribution in [0.1, 0.15) is 60.0 Å². The van der Waals surface area contributed by atoms with E-state index in [-0.39, 0.29) is 35.0 Å². The summed E-state index contributed by atoms with van der Waals surface area (Å²) in [7, 11) is 0. The van der Waals surface area contributed by atoms with Crippen molar-refractivity contribution in [2.45, 2.75) is 64.0 Å². The third-order valence-electron chi connectivity index (χ3n) is 9.92. The molecule has 1 aliphatic heterocycles. The Labute approximate surface area is 297 Å². The Hall–Kier alpha value is -4.58. The summed E-state index contributed by atoms with van der Waals surface area (Å²) in [4.78, 5) is 44.2. The molecule has 3 aromatic carbocycles. The molecule has 0 bridgehead atoms. The number of nitrogens with zero attached hydrogens (tertiary/aromatic N) is 2. The maximum absolute atomic E-state index is 13.7. The number of aryl methyl sites for hydroxylation is 1. The van der Waals surface area contributed by atoms with Crippen LogP contribution in [0.25, 0.3) is 22.5 Å². The fourth-order valence-electron chi connectivity index (χ4n) is 6.88. The van der Waals surface area contributed by atoms with E-state index in [2.05, 4.69) is 36.4 Å². The summed E-state index contributed by atoms with van der Waals surface area (Å²) in [6.45, 7) is 4.48. The number of aromatic amines is 1. The second kappa shape index (κ2) is 16.4. The van der Waals surface area contributed by atoms with Crippen molar-refractivity contribution in [2.24, 2.45) is 17.6 Å². The second-order valence-electron chi connectivity index (χ2n) is 13.5. The summed E-state index contributed by atoms with van der Waals surface area (Å²) in [5, 5.41) is 19.4. The minimum absolute atomic E-state index is 0.0452. The number of amides is 3. The highest BCUT2D eigenvalue weighted by Crippen LogP contribution is 2.29. The molecule has 11 nitrogen and oxygen atoms in total. The van der Waals surface area contributed by atoms with Crippen LogP contribution in [0, 0.1) is 18.8 Å². The number of benzene rings is 3. The fraction of sp³-hybridized carbons (Fsp3) is 0.395. The standard InChI is InChI=1S/C38H45ClN8O3/c1-23-20-29(36(49)42-31-16-18-41-19-17-31)12-15-32(23)26-6-2-24(3-7-26)21-33(44-35(48)28-8-4-25(22-40)5-9-28)37(50)43-30-13-10-27(11-14-30)34-45-38(39)47-46-34/h2-3,6-7,10-15,20,25,28,31,33,41H,4-5,8-9,16-19,21-22,40H2,1H3,(H,42,49)(H,43,50)(H,44,48)(H,45,46,47)/t25?,28?,33-/m0/s1. The van der Waals surface area contributed by atoms with Crippen molar-refractivity contribution in [3.05, 3.63) is 88.7 Å². The minimum Gasteiger partial charge on any atom is -0.349 e. The van der Waals surface area contributed by atoms with Crippen molar-refractivity contribution in [1.29, 1.82) is 0 Å². The Balaban J connectivity index is 1.14. The van der Waals surface area contributed by atoms with Gasteiger partial charge in [0.25, 0.3) is 5.91 Å². The Morgan fingerprint density at radius 3 is 2.26 bits per heavy atom. The van der Waals surface area contributed by atoms with Crippen molar-refractivity contribution < 1.29 is 14.4 Å². The van der Waals surface area contributed by atoms with E-state index < -0.39 is 6.04 Å². The van der Waals surface area contributed by atoms with Crippen LogP contribution in [-0.4, -0.2) is 64.6 Å². The molecule has 7 N–H and O–H groups in total. The number of hydrogen-bond donors (Lipinski definition) is 6. The highest BCUT2D eigenvalue weighted by molar-refractivity contribution is 6.28. The molecule has 1 saturated heterocycles. The van der Waals surface area contributed by atoms with Crippen molar-refractivity contribution in [3.63, 3.8) is 0 Å². The fourth-order valence-corrected chi connectivity index (χ4v) is 7.00. The minimum atomic E-state index is -0.786. The van der Waals surface area contributed by atoms with Crippen molar-refractivity contribution >= 4 is 35.0 Å². The lowest BCUT2D eigenvalue weighted by molar-refractivity contribution is -0.130. The lowest BCUT2D eigenvalue weighted by atomic mass is 9.81. The van der Waals surface area contributed by atoms with Gasteiger partial charge in [0.1, 0.15) is 6.04 Å². The smallest absolute Gasteiger partial charge is 0.251 e. The van der Waals surface area contributed by atoms with Gasteiger partial charge in [0.15, 0.2) is 5.82 Å². The van der Waals surface area contributed by atoms with Gasteiger partial charge < -0.3 is 27.0 Å². The number of hydrogen-bond acceptors (Lipinski definition) is 7. The molecule has 1 saturated carbocycles. The van der Waals surface area contributed by atoms with Gasteiger partial charge in [0.05, 0.1) is 0 Å². The van der Waals surface area contributed by atoms with E-state index in [1.807, 2.05) is 49.4 Å². The van der Waals surface area contributed by atoms with Crippen LogP contribution in [0.15, 0.2) is 66.7 Å². The van der Waals surface area contributed by atoms with E-state index >= 15 is 0 Å². The van der Waals surface area contributed by atoms with Crippen molar-refractivity contribution in [2.75, 3.05) is 25.0 Å². The van der Waals surface area contributed by atoms with Crippen molar-refractivity contribution in [3.8, 4) is 22.5 Å². The Kier molecular flexibility index (Phi) is 11.6. The number of H-pyrrole nitrogens is 1. The van der Waals surface area contributed by atoms with Gasteiger partial charge in [-0.1, -0.05) is 30.3 Å². The molecule has 2 heterocycles. The lowest BCUT2D eigenvalue weighted by Crippen LogP contribution is -2.48. The Bertz CT molecular complexity index is 1780. The average molecular weight is 697 g/mol. The molecule has 0 spiro atoms. The molecule has 12 heteroatoms. The van der Waals surface area contributed by atoms with Crippen molar-refractivity contribution in [1.82, 2.24) is 31.1 Å². The number of nitrogens with two attached hydrogens (primary N) is 1. The molecule has 3 amide bonds. The van der Waals surface area contributed by atoms with Gasteiger partial charge >= 0.3 is 0 Å². The topological polar surface area (TPSA) is 167 Å². The number of halogens is 1. The molecule has 0 unspecified atom stereocenters. The molecular formula is C38H45ClN8O3. The van der Waals surface area contributed by atoms with Gasteiger partial charge in [-0.2, -0.15) is 10.1 Å². The van der Waals surface area contributed by atoms with E-state index in [0.717, 1.165) is 79.4 Å². The zero-order chi connectivity index (χ0) is 35.0. The highest BCUT2D eigenvalue weighted by Gasteiger charge is 2.29. The van der Waals surface area contributed by atoms with Crippen LogP contribution in [0.4, 0.5) is 5.69 Å². The molecule has 0 radical (unpaired) electrons. The maximum atomic E-state index is 13.7. The third kappa shape index (κ3) is 8.95. The molecule has 4 aromatic rings. The SMILES string of the molecule is Cc1cc(C(=O)NC2CCNCC2)ccc1-c1ccc(C[C@H](NC(=O)C2CCC(CN)CC2)C(=O)Nc2ccc(-c3n[nH]c(Cl)n3)cc2)cc1. The zero-order valence-corrected chi connectivity index (χ0v) is 29.1. The van der Waals surface area contributed by atoms with Gasteiger partial charge in [-0.25, -0.2) is 5.10 Å². The molecule has 2 fully saturated rings. The number of carbonyl (C=O) groups is 3. The molecule has 6 rings (SSSR count). The predicted molar refractivity (Wildman–Crippen MR) is 196 cm³/mol. The van der Waals surface area contributed by atoms with Crippen LogP contribution < -0.4 is 27.0 Å². The van der Waals surface area contributed by atoms with Gasteiger partial charge in [-0.15, -0.1) is 0 Å². The summed E-state index contributed by atoms with van der Waals surface area (Å²) >= 11 is 5.87. The van der Waals surface area contributed by atoms with Crippen LogP contribution in [0.3, 0.4) is 0 Å². The van der Waals surface area contributed by atoms with E-state index in [1.165, 1.54) is 0 Å². The van der Waals surface area contributed by atoms with Gasteiger partial charge in [-0.05, 0) is 141 Å². The quantitative estimate of drug-likeness (QED) is 0.128. The first-order chi connectivity index (χ1) is 24.2. The number of rotatable bonds is 11. The first kappa shape index (κ1) is 35.3. The summed E-state index contributed by atoms with van der Waals surface area (Å²) < 4.78 is 0. The van der Waals surface area contributed by atoms with Crippen LogP contribution in [0.5, 0.6) is 0 Å². The molecule has 1 atom stereocenters. The highest BCUT2D eigenvalue weighted by atomic mass is 35.5. The Morgan fingerprint density at radius 2 is 1.62 bits per heavy atom. The largest absolute Gasteiger partial charge is 0.349 e. The number of nitrogens with one attached hydrogen (secondary N) is 5. The number of carbonyl (C=O) groups excluding carboxylic acids is 3. The number of aromatic nitrogens is 3. The first-order valence-corrected chi connectivity index (χ1v) is 17.8. The molecule has 1 aliphatic carbocycles. The van der Waals surface area contributed by atoms with E-state index in [4.69, 9.17) is 17.3 Å². The van der Waals surface area contributed by atoms with Gasteiger partial charge in [0, 0.05) is 35.2 Å². The van der Waals surface area contributed by atoms with E-state index in [1.54, 1.807) is 24.3 Å². The predicted octanol–water partition coefficient (Wildman–Crippen LogP) is 5.01. The van der Waals surface area contributed by atoms with E-state index in [0.29, 0.717) is 36.0 Å². The average Bonchev–Trinajstić information content (AvgIpc) is 3.58. The van der Waals surface area contributed by atoms with Crippen LogP contribution in [-0.2, 0) is 16.0 Å². The number of piperidine rings is 1. The van der Waals surface area contributed by atoms with Gasteiger partial charge in [-0.3, -0.25) is 14.4 Å². The molecular weight excluding hydrogens is 652 g/mol. The molecule has 262 valence electrons. The molecule has 2 aliphatic rings. The molecule has 50 heavy (non-hydrogen) atoms.